The third-order valence-electron chi connectivity index (χ3n) is 3.59. The number of aliphatic hydroxyl groups is 1. The van der Waals surface area contributed by atoms with Crippen LogP contribution in [0.2, 0.25) is 0 Å². The molecule has 19 heavy (non-hydrogen) atoms. The Morgan fingerprint density at radius 1 is 1.21 bits per heavy atom. The number of anilines is 1. The van der Waals surface area contributed by atoms with E-state index in [4.69, 9.17) is 9.47 Å². The SMILES string of the molecule is COc1ccc(N(C)C(CO)C(C)C)c(OC)c1C. The van der Waals surface area contributed by atoms with Crippen molar-refractivity contribution in [1.82, 2.24) is 0 Å². The Morgan fingerprint density at radius 3 is 2.26 bits per heavy atom. The minimum Gasteiger partial charge on any atom is -0.496 e. The maximum absolute atomic E-state index is 9.55. The van der Waals surface area contributed by atoms with Gasteiger partial charge in [-0.25, -0.2) is 0 Å². The molecule has 0 aromatic heterocycles. The highest BCUT2D eigenvalue weighted by Gasteiger charge is 2.22. The summed E-state index contributed by atoms with van der Waals surface area (Å²) < 4.78 is 10.8. The van der Waals surface area contributed by atoms with E-state index >= 15 is 0 Å². The Morgan fingerprint density at radius 2 is 1.84 bits per heavy atom. The molecule has 0 radical (unpaired) electrons. The molecule has 1 aromatic rings. The monoisotopic (exact) mass is 267 g/mol. The summed E-state index contributed by atoms with van der Waals surface area (Å²) in [6.07, 6.45) is 0. The summed E-state index contributed by atoms with van der Waals surface area (Å²) in [7, 11) is 5.28. The van der Waals surface area contributed by atoms with Gasteiger partial charge in [-0.15, -0.1) is 0 Å². The van der Waals surface area contributed by atoms with Crippen LogP contribution in [0.25, 0.3) is 0 Å². The van der Waals surface area contributed by atoms with Crippen LogP contribution in [0.5, 0.6) is 11.5 Å². The Hall–Kier alpha value is -1.42. The first kappa shape index (κ1) is 15.6. The second-order valence-electron chi connectivity index (χ2n) is 5.05. The summed E-state index contributed by atoms with van der Waals surface area (Å²) in [5.41, 5.74) is 1.93. The smallest absolute Gasteiger partial charge is 0.148 e. The Balaban J connectivity index is 3.23. The summed E-state index contributed by atoms with van der Waals surface area (Å²) >= 11 is 0. The fourth-order valence-corrected chi connectivity index (χ4v) is 2.38. The van der Waals surface area contributed by atoms with E-state index in [-0.39, 0.29) is 12.6 Å². The van der Waals surface area contributed by atoms with Gasteiger partial charge in [0.15, 0.2) is 0 Å². The molecule has 1 aromatic carbocycles. The van der Waals surface area contributed by atoms with Gasteiger partial charge in [-0.2, -0.15) is 0 Å². The molecule has 0 saturated carbocycles. The molecule has 0 aliphatic carbocycles. The van der Waals surface area contributed by atoms with E-state index in [1.807, 2.05) is 26.1 Å². The molecule has 1 rings (SSSR count). The summed E-state index contributed by atoms with van der Waals surface area (Å²) in [6, 6.07) is 3.95. The summed E-state index contributed by atoms with van der Waals surface area (Å²) in [4.78, 5) is 2.07. The van der Waals surface area contributed by atoms with Crippen LogP contribution in [0, 0.1) is 12.8 Å². The molecule has 0 aliphatic heterocycles. The van der Waals surface area contributed by atoms with Crippen LogP contribution in [0.1, 0.15) is 19.4 Å². The molecule has 4 nitrogen and oxygen atoms in total. The first-order valence-electron chi connectivity index (χ1n) is 6.53. The Bertz CT molecular complexity index is 418. The fourth-order valence-electron chi connectivity index (χ4n) is 2.38. The molecule has 0 saturated heterocycles. The maximum Gasteiger partial charge on any atom is 0.148 e. The van der Waals surface area contributed by atoms with Crippen LogP contribution < -0.4 is 14.4 Å². The minimum absolute atomic E-state index is 0.0571. The molecule has 0 bridgehead atoms. The van der Waals surface area contributed by atoms with Crippen molar-refractivity contribution in [3.63, 3.8) is 0 Å². The van der Waals surface area contributed by atoms with Gasteiger partial charge in [0, 0.05) is 12.6 Å². The number of aliphatic hydroxyl groups excluding tert-OH is 1. The average Bonchev–Trinajstić information content (AvgIpc) is 2.38. The number of methoxy groups -OCH3 is 2. The molecule has 1 N–H and O–H groups in total. The van der Waals surface area contributed by atoms with Gasteiger partial charge in [0.25, 0.3) is 0 Å². The number of hydrogen-bond acceptors (Lipinski definition) is 4. The van der Waals surface area contributed by atoms with Gasteiger partial charge in [0.05, 0.1) is 32.6 Å². The lowest BCUT2D eigenvalue weighted by molar-refractivity contribution is 0.233. The van der Waals surface area contributed by atoms with E-state index < -0.39 is 0 Å². The van der Waals surface area contributed by atoms with Gasteiger partial charge < -0.3 is 19.5 Å². The van der Waals surface area contributed by atoms with E-state index in [2.05, 4.69) is 18.7 Å². The molecular formula is C15H25NO3. The highest BCUT2D eigenvalue weighted by atomic mass is 16.5. The van der Waals surface area contributed by atoms with Crippen molar-refractivity contribution < 1.29 is 14.6 Å². The highest BCUT2D eigenvalue weighted by molar-refractivity contribution is 5.65. The van der Waals surface area contributed by atoms with E-state index in [9.17, 15) is 5.11 Å². The first-order valence-corrected chi connectivity index (χ1v) is 6.53. The molecule has 0 fully saturated rings. The largest absolute Gasteiger partial charge is 0.496 e. The molecule has 108 valence electrons. The zero-order valence-corrected chi connectivity index (χ0v) is 12.7. The number of hydrogen-bond donors (Lipinski definition) is 1. The number of ether oxygens (including phenoxy) is 2. The molecule has 1 atom stereocenters. The summed E-state index contributed by atoms with van der Waals surface area (Å²) in [5, 5.41) is 9.55. The lowest BCUT2D eigenvalue weighted by atomic mass is 10.0. The van der Waals surface area contributed by atoms with Crippen molar-refractivity contribution in [2.45, 2.75) is 26.8 Å². The lowest BCUT2D eigenvalue weighted by Crippen LogP contribution is -2.39. The zero-order chi connectivity index (χ0) is 14.6. The average molecular weight is 267 g/mol. The predicted molar refractivity (Wildman–Crippen MR) is 78.4 cm³/mol. The van der Waals surface area contributed by atoms with Crippen LogP contribution in [0.4, 0.5) is 5.69 Å². The van der Waals surface area contributed by atoms with Gasteiger partial charge in [-0.1, -0.05) is 13.8 Å². The number of rotatable bonds is 6. The second kappa shape index (κ2) is 6.66. The fraction of sp³-hybridized carbons (Fsp3) is 0.600. The van der Waals surface area contributed by atoms with Crippen molar-refractivity contribution in [2.24, 2.45) is 5.92 Å². The molecular weight excluding hydrogens is 242 g/mol. The number of nitrogens with zero attached hydrogens (tertiary/aromatic N) is 1. The van der Waals surface area contributed by atoms with Gasteiger partial charge in [0.1, 0.15) is 11.5 Å². The third kappa shape index (κ3) is 3.13. The van der Waals surface area contributed by atoms with Gasteiger partial charge in [0.2, 0.25) is 0 Å². The zero-order valence-electron chi connectivity index (χ0n) is 12.7. The van der Waals surface area contributed by atoms with E-state index in [1.54, 1.807) is 14.2 Å². The molecule has 0 heterocycles. The van der Waals surface area contributed by atoms with Crippen molar-refractivity contribution in [3.05, 3.63) is 17.7 Å². The van der Waals surface area contributed by atoms with Crippen molar-refractivity contribution >= 4 is 5.69 Å². The minimum atomic E-state index is 0.0571. The second-order valence-corrected chi connectivity index (χ2v) is 5.05. The van der Waals surface area contributed by atoms with E-state index in [0.717, 1.165) is 22.7 Å². The molecule has 4 heteroatoms. The van der Waals surface area contributed by atoms with Gasteiger partial charge >= 0.3 is 0 Å². The summed E-state index contributed by atoms with van der Waals surface area (Å²) in [6.45, 7) is 6.28. The third-order valence-corrected chi connectivity index (χ3v) is 3.59. The van der Waals surface area contributed by atoms with Gasteiger partial charge in [-0.3, -0.25) is 0 Å². The highest BCUT2D eigenvalue weighted by Crippen LogP contribution is 2.38. The number of likely N-dealkylation sites (N-methyl/N-ethyl adjacent to an activating group) is 1. The summed E-state index contributed by atoms with van der Waals surface area (Å²) in [5.74, 6) is 1.95. The molecule has 0 aliphatic rings. The van der Waals surface area contributed by atoms with Crippen LogP contribution in [-0.2, 0) is 0 Å². The van der Waals surface area contributed by atoms with Crippen molar-refractivity contribution in [3.8, 4) is 11.5 Å². The van der Waals surface area contributed by atoms with Crippen LogP contribution in [0.15, 0.2) is 12.1 Å². The maximum atomic E-state index is 9.55. The quantitative estimate of drug-likeness (QED) is 0.859. The predicted octanol–water partition coefficient (Wildman–Crippen LogP) is 2.47. The standard InChI is InChI=1S/C15H25NO3/c1-10(2)13(9-17)16(4)12-7-8-14(18-5)11(3)15(12)19-6/h7-8,10,13,17H,9H2,1-6H3. The van der Waals surface area contributed by atoms with E-state index in [1.165, 1.54) is 0 Å². The Labute approximate surface area is 115 Å². The molecule has 0 spiro atoms. The number of benzene rings is 1. The first-order chi connectivity index (χ1) is 8.97. The lowest BCUT2D eigenvalue weighted by Gasteiger charge is -2.33. The van der Waals surface area contributed by atoms with Crippen LogP contribution in [0.3, 0.4) is 0 Å². The topological polar surface area (TPSA) is 41.9 Å². The molecule has 0 amide bonds. The normalized spacial score (nSPS) is 12.4. The van der Waals surface area contributed by atoms with Crippen molar-refractivity contribution in [2.75, 3.05) is 32.8 Å². The Kier molecular flexibility index (Phi) is 5.48. The van der Waals surface area contributed by atoms with Crippen LogP contribution >= 0.6 is 0 Å². The molecule has 1 unspecified atom stereocenters. The van der Waals surface area contributed by atoms with E-state index in [0.29, 0.717) is 5.92 Å². The van der Waals surface area contributed by atoms with Crippen LogP contribution in [-0.4, -0.2) is 39.0 Å². The van der Waals surface area contributed by atoms with Crippen molar-refractivity contribution in [1.29, 1.82) is 0 Å². The van der Waals surface area contributed by atoms with Gasteiger partial charge in [-0.05, 0) is 25.0 Å².